The number of anilines is 1. The number of benzene rings is 2. The molecule has 0 bridgehead atoms. The van der Waals surface area contributed by atoms with E-state index >= 15 is 0 Å². The smallest absolute Gasteiger partial charge is 0.328 e. The van der Waals surface area contributed by atoms with E-state index in [1.54, 1.807) is 17.7 Å². The van der Waals surface area contributed by atoms with Crippen molar-refractivity contribution in [2.24, 2.45) is 12.5 Å². The first-order valence-corrected chi connectivity index (χ1v) is 11.4. The molecule has 0 fully saturated rings. The van der Waals surface area contributed by atoms with E-state index in [0.717, 1.165) is 12.8 Å². The highest BCUT2D eigenvalue weighted by Crippen LogP contribution is 2.41. The van der Waals surface area contributed by atoms with Crippen LogP contribution in [0.1, 0.15) is 51.2 Å². The fourth-order valence-electron chi connectivity index (χ4n) is 4.58. The van der Waals surface area contributed by atoms with Crippen molar-refractivity contribution in [2.75, 3.05) is 11.9 Å². The van der Waals surface area contributed by atoms with Crippen LogP contribution in [-0.4, -0.2) is 31.9 Å². The Kier molecular flexibility index (Phi) is 6.40. The van der Waals surface area contributed by atoms with Crippen molar-refractivity contribution in [1.29, 1.82) is 0 Å². The molecule has 0 aliphatic carbocycles. The molecule has 2 heterocycles. The van der Waals surface area contributed by atoms with Crippen LogP contribution in [0.25, 0.3) is 11.0 Å². The number of amides is 1. The standard InChI is InChI=1S/C25H30FN3O5/c1-25(2,8-4-10-29-20-11-15(26)5-6-19(20)28(3)24(29)33)9-7-21(31)17-12-16(30)13-18-23(17)34-14-22(32)27-18/h5-6,11-13,21,30-31H,4,7-10,14H2,1-3H3,(H,27,32). The average Bonchev–Trinajstić information content (AvgIpc) is 3.00. The minimum absolute atomic E-state index is 0.0603. The van der Waals surface area contributed by atoms with Crippen LogP contribution >= 0.6 is 0 Å². The van der Waals surface area contributed by atoms with Crippen LogP contribution in [0.2, 0.25) is 0 Å². The Hall–Kier alpha value is -3.33. The molecule has 0 spiro atoms. The second-order valence-electron chi connectivity index (χ2n) is 9.70. The van der Waals surface area contributed by atoms with E-state index in [9.17, 15) is 24.2 Å². The SMILES string of the molecule is Cn1c(=O)n(CCCC(C)(C)CCC(O)c2cc(O)cc3c2OCC(=O)N3)c2cc(F)ccc21. The molecule has 1 aromatic heterocycles. The molecule has 0 radical (unpaired) electrons. The summed E-state index contributed by atoms with van der Waals surface area (Å²) >= 11 is 0. The number of carbonyl (C=O) groups is 1. The van der Waals surface area contributed by atoms with E-state index in [1.165, 1.54) is 28.8 Å². The van der Waals surface area contributed by atoms with Gasteiger partial charge in [0.2, 0.25) is 0 Å². The Bertz CT molecular complexity index is 1290. The summed E-state index contributed by atoms with van der Waals surface area (Å²) in [5.74, 6) is -0.369. The van der Waals surface area contributed by atoms with Crippen molar-refractivity contribution < 1.29 is 24.1 Å². The van der Waals surface area contributed by atoms with Crippen molar-refractivity contribution >= 4 is 22.6 Å². The summed E-state index contributed by atoms with van der Waals surface area (Å²) in [4.78, 5) is 24.2. The normalized spacial score (nSPS) is 14.6. The van der Waals surface area contributed by atoms with Crippen molar-refractivity contribution in [3.8, 4) is 11.5 Å². The highest BCUT2D eigenvalue weighted by Gasteiger charge is 2.26. The molecule has 3 aromatic rings. The number of aryl methyl sites for hydroxylation is 2. The number of aliphatic hydroxyl groups is 1. The lowest BCUT2D eigenvalue weighted by Gasteiger charge is -2.27. The van der Waals surface area contributed by atoms with Gasteiger partial charge in [-0.2, -0.15) is 0 Å². The fraction of sp³-hybridized carbons (Fsp3) is 0.440. The molecule has 9 heteroatoms. The zero-order chi connectivity index (χ0) is 24.6. The first-order chi connectivity index (χ1) is 16.1. The molecule has 1 aliphatic heterocycles. The number of aromatic hydroxyl groups is 1. The third-order valence-corrected chi connectivity index (χ3v) is 6.52. The molecular weight excluding hydrogens is 441 g/mol. The number of hydrogen-bond acceptors (Lipinski definition) is 5. The molecule has 0 saturated heterocycles. The van der Waals surface area contributed by atoms with Gasteiger partial charge in [-0.25, -0.2) is 9.18 Å². The maximum atomic E-state index is 13.7. The van der Waals surface area contributed by atoms with Crippen LogP contribution in [0.15, 0.2) is 35.1 Å². The van der Waals surface area contributed by atoms with Crippen molar-refractivity contribution in [3.05, 3.63) is 52.2 Å². The molecule has 0 saturated carbocycles. The molecule has 34 heavy (non-hydrogen) atoms. The van der Waals surface area contributed by atoms with Crippen LogP contribution in [0.5, 0.6) is 11.5 Å². The van der Waals surface area contributed by atoms with Gasteiger partial charge in [-0.1, -0.05) is 13.8 Å². The number of ether oxygens (including phenoxy) is 1. The zero-order valence-corrected chi connectivity index (χ0v) is 19.6. The minimum Gasteiger partial charge on any atom is -0.508 e. The Labute approximate surface area is 196 Å². The van der Waals surface area contributed by atoms with E-state index in [1.807, 2.05) is 0 Å². The number of aromatic nitrogens is 2. The molecule has 1 atom stereocenters. The van der Waals surface area contributed by atoms with Gasteiger partial charge in [0.25, 0.3) is 5.91 Å². The fourth-order valence-corrected chi connectivity index (χ4v) is 4.58. The van der Waals surface area contributed by atoms with Gasteiger partial charge in [0.05, 0.1) is 22.8 Å². The summed E-state index contributed by atoms with van der Waals surface area (Å²) in [5, 5.41) is 23.5. The van der Waals surface area contributed by atoms with Gasteiger partial charge in [-0.05, 0) is 55.4 Å². The highest BCUT2D eigenvalue weighted by atomic mass is 19.1. The molecule has 1 amide bonds. The Morgan fingerprint density at radius 2 is 1.94 bits per heavy atom. The number of imidazole rings is 1. The van der Waals surface area contributed by atoms with Gasteiger partial charge in [-0.3, -0.25) is 13.9 Å². The summed E-state index contributed by atoms with van der Waals surface area (Å²) in [6.07, 6.45) is 1.75. The van der Waals surface area contributed by atoms with Crippen molar-refractivity contribution in [1.82, 2.24) is 9.13 Å². The lowest BCUT2D eigenvalue weighted by Crippen LogP contribution is -2.26. The van der Waals surface area contributed by atoms with Gasteiger partial charge in [0, 0.05) is 25.2 Å². The van der Waals surface area contributed by atoms with Crippen LogP contribution < -0.4 is 15.7 Å². The lowest BCUT2D eigenvalue weighted by molar-refractivity contribution is -0.118. The molecule has 4 rings (SSSR count). The summed E-state index contributed by atoms with van der Waals surface area (Å²) in [6, 6.07) is 7.21. The number of phenolic OH excluding ortho intramolecular Hbond substituents is 1. The quantitative estimate of drug-likeness (QED) is 0.463. The number of hydrogen-bond donors (Lipinski definition) is 3. The lowest BCUT2D eigenvalue weighted by atomic mass is 9.81. The van der Waals surface area contributed by atoms with E-state index in [4.69, 9.17) is 4.74 Å². The van der Waals surface area contributed by atoms with E-state index in [-0.39, 0.29) is 35.2 Å². The summed E-state index contributed by atoms with van der Waals surface area (Å²) in [6.45, 7) is 4.53. The number of carbonyl (C=O) groups excluding carboxylic acids is 1. The van der Waals surface area contributed by atoms with E-state index in [0.29, 0.717) is 47.4 Å². The van der Waals surface area contributed by atoms with Gasteiger partial charge in [0.1, 0.15) is 17.3 Å². The van der Waals surface area contributed by atoms with E-state index in [2.05, 4.69) is 19.2 Å². The molecule has 1 aliphatic rings. The second kappa shape index (κ2) is 9.13. The Morgan fingerprint density at radius 1 is 1.18 bits per heavy atom. The molecule has 182 valence electrons. The summed E-state index contributed by atoms with van der Waals surface area (Å²) < 4.78 is 22.4. The monoisotopic (exact) mass is 471 g/mol. The average molecular weight is 472 g/mol. The molecule has 3 N–H and O–H groups in total. The Morgan fingerprint density at radius 3 is 2.71 bits per heavy atom. The largest absolute Gasteiger partial charge is 0.508 e. The number of nitrogens with zero attached hydrogens (tertiary/aromatic N) is 2. The van der Waals surface area contributed by atoms with Crippen LogP contribution in [-0.2, 0) is 18.4 Å². The minimum atomic E-state index is -0.876. The highest BCUT2D eigenvalue weighted by molar-refractivity contribution is 5.96. The maximum Gasteiger partial charge on any atom is 0.328 e. The summed E-state index contributed by atoms with van der Waals surface area (Å²) in [7, 11) is 1.68. The molecular formula is C25H30FN3O5. The zero-order valence-electron chi connectivity index (χ0n) is 19.6. The summed E-state index contributed by atoms with van der Waals surface area (Å²) in [5.41, 5.74) is 1.76. The first kappa shape index (κ1) is 23.8. The third-order valence-electron chi connectivity index (χ3n) is 6.52. The molecule has 2 aromatic carbocycles. The number of phenols is 1. The number of fused-ring (bicyclic) bond motifs is 2. The third kappa shape index (κ3) is 4.79. The van der Waals surface area contributed by atoms with Gasteiger partial charge in [0.15, 0.2) is 6.61 Å². The second-order valence-corrected chi connectivity index (χ2v) is 9.70. The topological polar surface area (TPSA) is 106 Å². The van der Waals surface area contributed by atoms with E-state index < -0.39 is 6.10 Å². The predicted octanol–water partition coefficient (Wildman–Crippen LogP) is 3.84. The molecule has 8 nitrogen and oxygen atoms in total. The molecule has 1 unspecified atom stereocenters. The van der Waals surface area contributed by atoms with Gasteiger partial charge >= 0.3 is 5.69 Å². The number of aliphatic hydroxyl groups excluding tert-OH is 1. The van der Waals surface area contributed by atoms with Gasteiger partial charge in [-0.15, -0.1) is 0 Å². The Balaban J connectivity index is 1.39. The number of nitrogens with one attached hydrogen (secondary N) is 1. The number of halogens is 1. The first-order valence-electron chi connectivity index (χ1n) is 11.4. The van der Waals surface area contributed by atoms with Crippen LogP contribution in [0.4, 0.5) is 10.1 Å². The van der Waals surface area contributed by atoms with Crippen molar-refractivity contribution in [2.45, 2.75) is 52.2 Å². The predicted molar refractivity (Wildman–Crippen MR) is 127 cm³/mol. The van der Waals surface area contributed by atoms with Crippen LogP contribution in [0, 0.1) is 11.2 Å². The van der Waals surface area contributed by atoms with Crippen molar-refractivity contribution in [3.63, 3.8) is 0 Å². The maximum absolute atomic E-state index is 13.7. The van der Waals surface area contributed by atoms with Crippen LogP contribution in [0.3, 0.4) is 0 Å². The number of rotatable bonds is 8. The van der Waals surface area contributed by atoms with Gasteiger partial charge < -0.3 is 20.3 Å².